The molecule has 0 aliphatic carbocycles. The van der Waals surface area contributed by atoms with Gasteiger partial charge >= 0.3 is 0 Å². The predicted octanol–water partition coefficient (Wildman–Crippen LogP) is -8.42. The van der Waals surface area contributed by atoms with Crippen LogP contribution in [-0.4, -0.2) is 174 Å². The van der Waals surface area contributed by atoms with E-state index < -0.39 is 92.1 Å². The lowest BCUT2D eigenvalue weighted by Gasteiger charge is -2.22. The number of H-pyrrole nitrogens is 1. The smallest absolute Gasteiger partial charge is 0.280 e. The van der Waals surface area contributed by atoms with Crippen LogP contribution >= 0.6 is 0 Å². The number of imidazole rings is 1. The van der Waals surface area contributed by atoms with Gasteiger partial charge in [0.05, 0.1) is 25.6 Å². The monoisotopic (exact) mass is 627 g/mol. The van der Waals surface area contributed by atoms with Crippen LogP contribution in [0.4, 0.5) is 5.95 Å². The summed E-state index contributed by atoms with van der Waals surface area (Å²) >= 11 is 0. The van der Waals surface area contributed by atoms with Crippen LogP contribution in [0, 0.1) is 0 Å². The maximum absolute atomic E-state index is 11.7. The average Bonchev–Trinajstić information content (AvgIpc) is 3.54. The Morgan fingerprint density at radius 2 is 1.49 bits per heavy atom. The molecule has 21 heteroatoms. The van der Waals surface area contributed by atoms with Gasteiger partial charge in [0.15, 0.2) is 30.0 Å². The van der Waals surface area contributed by atoms with E-state index in [0.29, 0.717) is 0 Å². The van der Waals surface area contributed by atoms with Crippen molar-refractivity contribution in [2.45, 2.75) is 80.3 Å². The molecule has 246 valence electrons. The molecule has 1 aliphatic rings. The first-order valence-corrected chi connectivity index (χ1v) is 12.4. The van der Waals surface area contributed by atoms with Gasteiger partial charge in [0.1, 0.15) is 61.0 Å². The molecular weight excluding hydrogens is 590 g/mol. The Morgan fingerprint density at radius 3 is 1.93 bits per heavy atom. The van der Waals surface area contributed by atoms with Gasteiger partial charge in [-0.2, -0.15) is 4.98 Å². The number of carbonyl (C=O) groups excluding carboxylic acids is 2. The molecule has 43 heavy (non-hydrogen) atoms. The van der Waals surface area contributed by atoms with Gasteiger partial charge < -0.3 is 81.3 Å². The van der Waals surface area contributed by atoms with Gasteiger partial charge in [-0.15, -0.1) is 0 Å². The number of fused-ring (bicyclic) bond motifs is 1. The molecule has 3 heterocycles. The van der Waals surface area contributed by atoms with Crippen molar-refractivity contribution in [1.82, 2.24) is 19.5 Å². The highest BCUT2D eigenvalue weighted by Gasteiger charge is 2.44. The van der Waals surface area contributed by atoms with Crippen LogP contribution < -0.4 is 11.3 Å². The Kier molecular flexibility index (Phi) is 15.3. The zero-order valence-corrected chi connectivity index (χ0v) is 22.5. The Morgan fingerprint density at radius 1 is 0.953 bits per heavy atom. The maximum Gasteiger partial charge on any atom is 0.280 e. The highest BCUT2D eigenvalue weighted by Crippen LogP contribution is 2.30. The molecule has 1 saturated heterocycles. The number of aromatic nitrogens is 4. The van der Waals surface area contributed by atoms with E-state index in [9.17, 15) is 24.6 Å². The van der Waals surface area contributed by atoms with E-state index in [1.807, 2.05) is 0 Å². The summed E-state index contributed by atoms with van der Waals surface area (Å²) < 4.78 is 6.64. The third-order valence-corrected chi connectivity index (χ3v) is 6.00. The molecule has 0 bridgehead atoms. The van der Waals surface area contributed by atoms with Crippen molar-refractivity contribution in [2.24, 2.45) is 0 Å². The summed E-state index contributed by atoms with van der Waals surface area (Å²) in [4.78, 5) is 41.5. The first-order valence-electron chi connectivity index (χ1n) is 12.4. The molecule has 0 saturated carbocycles. The van der Waals surface area contributed by atoms with E-state index in [2.05, 4.69) is 15.0 Å². The molecule has 0 radical (unpaired) electrons. The number of aliphatic hydroxyl groups is 12. The number of aliphatic hydroxyl groups excluding tert-OH is 12. The summed E-state index contributed by atoms with van der Waals surface area (Å²) in [5, 5.41) is 107. The zero-order valence-electron chi connectivity index (χ0n) is 22.5. The standard InChI is InChI=1S/C10H13N5O5.C6H12O6.C6H12O5/c11-10-13-7-4(8(19)14-10)12-2-15(7)9-6(18)5(17)3(1-16)20-9;7-1-3(9)5(11)6(12)4(10)2-8;1-3(8)5(10)6(11)4(9)2-7/h2-3,5-6,9,16-18H,1H2,(H3,11,13,14,19);1,3-6,8-12H,2H2;2-6,8-11H,1H3/t3-,5-,6-,9-;;/m1../s1. The lowest BCUT2D eigenvalue weighted by Crippen LogP contribution is -2.46. The van der Waals surface area contributed by atoms with E-state index in [4.69, 9.17) is 61.5 Å². The topological polar surface area (TPSA) is 376 Å². The molecule has 12 atom stereocenters. The van der Waals surface area contributed by atoms with Crippen LogP contribution in [-0.2, 0) is 14.3 Å². The molecule has 0 aromatic carbocycles. The summed E-state index contributed by atoms with van der Waals surface area (Å²) in [6.45, 7) is 0.0344. The summed E-state index contributed by atoms with van der Waals surface area (Å²) in [5.74, 6) is -0.101. The molecule has 0 amide bonds. The van der Waals surface area contributed by atoms with Gasteiger partial charge in [-0.25, -0.2) is 4.98 Å². The molecule has 21 nitrogen and oxygen atoms in total. The molecule has 1 fully saturated rings. The first-order chi connectivity index (χ1) is 20.1. The first kappa shape index (κ1) is 38.0. The summed E-state index contributed by atoms with van der Waals surface area (Å²) in [6, 6.07) is 0. The highest BCUT2D eigenvalue weighted by atomic mass is 16.6. The minimum absolute atomic E-state index is 0.0258. The number of carbonyl (C=O) groups is 2. The van der Waals surface area contributed by atoms with Gasteiger partial charge in [0.2, 0.25) is 5.95 Å². The fraction of sp³-hybridized carbons (Fsp3) is 0.682. The summed E-state index contributed by atoms with van der Waals surface area (Å²) in [7, 11) is 0. The number of rotatable bonds is 11. The van der Waals surface area contributed by atoms with Gasteiger partial charge in [0.25, 0.3) is 5.56 Å². The number of nitrogens with two attached hydrogens (primary N) is 1. The van der Waals surface area contributed by atoms with Crippen LogP contribution in [0.5, 0.6) is 0 Å². The van der Waals surface area contributed by atoms with Crippen LogP contribution in [0.25, 0.3) is 11.2 Å². The summed E-state index contributed by atoms with van der Waals surface area (Å²) in [5.41, 5.74) is 5.12. The molecule has 2 aromatic heterocycles. The van der Waals surface area contributed by atoms with Crippen molar-refractivity contribution in [3.8, 4) is 0 Å². The van der Waals surface area contributed by atoms with Crippen LogP contribution in [0.15, 0.2) is 11.1 Å². The number of nitrogen functional groups attached to an aromatic ring is 1. The number of nitrogens with zero attached hydrogens (tertiary/aromatic N) is 3. The third-order valence-electron chi connectivity index (χ3n) is 6.00. The highest BCUT2D eigenvalue weighted by molar-refractivity contribution is 5.70. The molecule has 0 spiro atoms. The number of ether oxygens (including phenoxy) is 1. The van der Waals surface area contributed by atoms with Crippen molar-refractivity contribution in [2.75, 3.05) is 18.9 Å². The Hall–Kier alpha value is -3.03. The molecule has 8 unspecified atom stereocenters. The second-order valence-electron chi connectivity index (χ2n) is 9.21. The van der Waals surface area contributed by atoms with Crippen molar-refractivity contribution in [3.05, 3.63) is 16.7 Å². The number of hydrogen-bond donors (Lipinski definition) is 14. The van der Waals surface area contributed by atoms with E-state index in [1.54, 1.807) is 0 Å². The lowest BCUT2D eigenvalue weighted by molar-refractivity contribution is -0.136. The third kappa shape index (κ3) is 9.73. The minimum atomic E-state index is -1.79. The van der Waals surface area contributed by atoms with Gasteiger partial charge in [-0.3, -0.25) is 14.3 Å². The Bertz CT molecular complexity index is 1200. The van der Waals surface area contributed by atoms with Gasteiger partial charge in [-0.05, 0) is 6.92 Å². The molecule has 2 aromatic rings. The second-order valence-corrected chi connectivity index (χ2v) is 9.21. The quantitative estimate of drug-likeness (QED) is 0.103. The van der Waals surface area contributed by atoms with E-state index >= 15 is 0 Å². The fourth-order valence-corrected chi connectivity index (χ4v) is 3.43. The lowest BCUT2D eigenvalue weighted by atomic mass is 10.0. The molecular formula is C22H37N5O16. The molecule has 1 aliphatic heterocycles. The number of hydrogen-bond acceptors (Lipinski definition) is 19. The second kappa shape index (κ2) is 17.3. The van der Waals surface area contributed by atoms with Crippen molar-refractivity contribution < 1.29 is 75.6 Å². The van der Waals surface area contributed by atoms with E-state index in [1.165, 1.54) is 17.8 Å². The fourth-order valence-electron chi connectivity index (χ4n) is 3.43. The van der Waals surface area contributed by atoms with Crippen molar-refractivity contribution >= 4 is 29.7 Å². The van der Waals surface area contributed by atoms with E-state index in [0.717, 1.165) is 0 Å². The van der Waals surface area contributed by atoms with Crippen LogP contribution in [0.2, 0.25) is 0 Å². The number of aldehydes is 2. The Labute approximate surface area is 241 Å². The number of aromatic amines is 1. The number of nitrogens with one attached hydrogen (secondary N) is 1. The van der Waals surface area contributed by atoms with Crippen molar-refractivity contribution in [1.29, 1.82) is 0 Å². The zero-order chi connectivity index (χ0) is 33.2. The predicted molar refractivity (Wildman–Crippen MR) is 139 cm³/mol. The molecule has 15 N–H and O–H groups in total. The minimum Gasteiger partial charge on any atom is -0.394 e. The Balaban J connectivity index is 0.000000349. The number of anilines is 1. The van der Waals surface area contributed by atoms with E-state index in [-0.39, 0.29) is 29.7 Å². The van der Waals surface area contributed by atoms with Gasteiger partial charge in [-0.1, -0.05) is 0 Å². The summed E-state index contributed by atoms with van der Waals surface area (Å²) in [6.07, 6.45) is -15.9. The van der Waals surface area contributed by atoms with Gasteiger partial charge in [0, 0.05) is 0 Å². The largest absolute Gasteiger partial charge is 0.394 e. The van der Waals surface area contributed by atoms with Crippen molar-refractivity contribution in [3.63, 3.8) is 0 Å². The normalized spacial score (nSPS) is 25.5. The maximum atomic E-state index is 11.7. The molecule has 3 rings (SSSR count). The average molecular weight is 628 g/mol. The van der Waals surface area contributed by atoms with Crippen LogP contribution in [0.1, 0.15) is 13.2 Å². The SMILES string of the molecule is CC(O)C(O)C(O)C(O)C=O.Nc1nc2c(ncn2[C@@H]2O[C@H](CO)[C@@H](O)[C@H]2O)c(=O)[nH]1.O=CC(O)C(O)C(O)C(O)CO. The van der Waals surface area contributed by atoms with Crippen LogP contribution in [0.3, 0.4) is 0 Å².